The first-order chi connectivity index (χ1) is 7.60. The Balaban J connectivity index is 1.95. The van der Waals surface area contributed by atoms with Gasteiger partial charge in [0.25, 0.3) is 0 Å². The fourth-order valence-electron chi connectivity index (χ4n) is 2.48. The van der Waals surface area contributed by atoms with E-state index in [0.29, 0.717) is 6.54 Å². The van der Waals surface area contributed by atoms with Gasteiger partial charge in [-0.2, -0.15) is 0 Å². The molecule has 1 amide bonds. The van der Waals surface area contributed by atoms with Crippen molar-refractivity contribution >= 4 is 5.91 Å². The molecule has 1 aliphatic carbocycles. The quantitative estimate of drug-likeness (QED) is 0.748. The average Bonchev–Trinajstić information content (AvgIpc) is 2.17. The summed E-state index contributed by atoms with van der Waals surface area (Å²) < 4.78 is 5.32. The number of ether oxygens (including phenoxy) is 1. The van der Waals surface area contributed by atoms with Gasteiger partial charge in [0.15, 0.2) is 0 Å². The molecule has 0 spiro atoms. The van der Waals surface area contributed by atoms with Gasteiger partial charge in [-0.25, -0.2) is 0 Å². The van der Waals surface area contributed by atoms with E-state index in [1.807, 2.05) is 0 Å². The van der Waals surface area contributed by atoms with E-state index < -0.39 is 0 Å². The van der Waals surface area contributed by atoms with Crippen LogP contribution in [0, 0.1) is 5.41 Å². The van der Waals surface area contributed by atoms with Crippen LogP contribution in [0.2, 0.25) is 0 Å². The molecule has 2 aliphatic rings. The molecule has 0 radical (unpaired) electrons. The van der Waals surface area contributed by atoms with Gasteiger partial charge in [0.1, 0.15) is 0 Å². The standard InChI is InChI=1S/C12H22N2O2/c1-11(5-7-16-8-6-11)14-10(15)12(9-13)3-2-4-12/h2-9,13H2,1H3,(H,14,15). The predicted octanol–water partition coefficient (Wildman–Crippen LogP) is 0.801. The van der Waals surface area contributed by atoms with Crippen LogP contribution in [0.1, 0.15) is 39.0 Å². The van der Waals surface area contributed by atoms with Gasteiger partial charge < -0.3 is 15.8 Å². The molecule has 16 heavy (non-hydrogen) atoms. The van der Waals surface area contributed by atoms with Crippen molar-refractivity contribution in [2.75, 3.05) is 19.8 Å². The SMILES string of the molecule is CC1(NC(=O)C2(CN)CCC2)CCOCC1. The lowest BCUT2D eigenvalue weighted by Gasteiger charge is -2.43. The summed E-state index contributed by atoms with van der Waals surface area (Å²) in [5.74, 6) is 0.158. The van der Waals surface area contributed by atoms with Crippen molar-refractivity contribution < 1.29 is 9.53 Å². The number of hydrogen-bond acceptors (Lipinski definition) is 3. The molecule has 0 bridgehead atoms. The Bertz CT molecular complexity index is 263. The van der Waals surface area contributed by atoms with E-state index in [0.717, 1.165) is 45.3 Å². The number of hydrogen-bond donors (Lipinski definition) is 2. The third kappa shape index (κ3) is 2.09. The molecule has 1 saturated heterocycles. The maximum absolute atomic E-state index is 12.2. The van der Waals surface area contributed by atoms with Crippen LogP contribution in [-0.2, 0) is 9.53 Å². The first kappa shape index (κ1) is 11.9. The second-order valence-electron chi connectivity index (χ2n) is 5.47. The van der Waals surface area contributed by atoms with Crippen molar-refractivity contribution in [1.82, 2.24) is 5.32 Å². The Morgan fingerprint density at radius 3 is 2.38 bits per heavy atom. The maximum atomic E-state index is 12.2. The van der Waals surface area contributed by atoms with Crippen molar-refractivity contribution in [1.29, 1.82) is 0 Å². The second-order valence-corrected chi connectivity index (χ2v) is 5.47. The lowest BCUT2D eigenvalue weighted by Crippen LogP contribution is -2.58. The van der Waals surface area contributed by atoms with E-state index in [2.05, 4.69) is 12.2 Å². The normalized spacial score (nSPS) is 26.9. The zero-order chi connectivity index (χ0) is 11.6. The van der Waals surface area contributed by atoms with Gasteiger partial charge in [-0.05, 0) is 32.6 Å². The molecule has 1 heterocycles. The average molecular weight is 226 g/mol. The lowest BCUT2D eigenvalue weighted by atomic mass is 9.67. The summed E-state index contributed by atoms with van der Waals surface area (Å²) in [5, 5.41) is 3.19. The Kier molecular flexibility index (Phi) is 3.22. The summed E-state index contributed by atoms with van der Waals surface area (Å²) >= 11 is 0. The smallest absolute Gasteiger partial charge is 0.227 e. The van der Waals surface area contributed by atoms with Gasteiger partial charge in [-0.1, -0.05) is 6.42 Å². The molecule has 1 aliphatic heterocycles. The van der Waals surface area contributed by atoms with Gasteiger partial charge in [0.2, 0.25) is 5.91 Å². The predicted molar refractivity (Wildman–Crippen MR) is 61.9 cm³/mol. The fraction of sp³-hybridized carbons (Fsp3) is 0.917. The van der Waals surface area contributed by atoms with Gasteiger partial charge in [0, 0.05) is 25.3 Å². The van der Waals surface area contributed by atoms with Crippen molar-refractivity contribution in [3.05, 3.63) is 0 Å². The van der Waals surface area contributed by atoms with Crippen LogP contribution in [0.15, 0.2) is 0 Å². The summed E-state index contributed by atoms with van der Waals surface area (Å²) in [6, 6.07) is 0. The molecular formula is C12H22N2O2. The highest BCUT2D eigenvalue weighted by Gasteiger charge is 2.45. The third-order valence-electron chi connectivity index (χ3n) is 4.19. The summed E-state index contributed by atoms with van der Waals surface area (Å²) in [6.45, 7) is 4.07. The number of carbonyl (C=O) groups is 1. The molecule has 92 valence electrons. The lowest BCUT2D eigenvalue weighted by molar-refractivity contribution is -0.138. The third-order valence-corrected chi connectivity index (χ3v) is 4.19. The molecule has 0 aromatic carbocycles. The second kappa shape index (κ2) is 4.34. The molecule has 1 saturated carbocycles. The zero-order valence-electron chi connectivity index (χ0n) is 10.1. The van der Waals surface area contributed by atoms with Crippen LogP contribution >= 0.6 is 0 Å². The summed E-state index contributed by atoms with van der Waals surface area (Å²) in [4.78, 5) is 12.2. The largest absolute Gasteiger partial charge is 0.381 e. The van der Waals surface area contributed by atoms with Crippen LogP contribution in [0.25, 0.3) is 0 Å². The van der Waals surface area contributed by atoms with Crippen molar-refractivity contribution in [3.8, 4) is 0 Å². The molecule has 0 atom stereocenters. The van der Waals surface area contributed by atoms with Gasteiger partial charge in [-0.3, -0.25) is 4.79 Å². The highest BCUT2D eigenvalue weighted by atomic mass is 16.5. The summed E-state index contributed by atoms with van der Waals surface area (Å²) in [7, 11) is 0. The van der Waals surface area contributed by atoms with E-state index >= 15 is 0 Å². The van der Waals surface area contributed by atoms with E-state index in [1.165, 1.54) is 0 Å². The topological polar surface area (TPSA) is 64.4 Å². The minimum Gasteiger partial charge on any atom is -0.381 e. The van der Waals surface area contributed by atoms with Crippen LogP contribution in [0.3, 0.4) is 0 Å². The van der Waals surface area contributed by atoms with E-state index in [1.54, 1.807) is 0 Å². The number of nitrogens with one attached hydrogen (secondary N) is 1. The minimum absolute atomic E-state index is 0.0902. The molecule has 4 heteroatoms. The van der Waals surface area contributed by atoms with Gasteiger partial charge in [0.05, 0.1) is 5.41 Å². The van der Waals surface area contributed by atoms with Crippen LogP contribution < -0.4 is 11.1 Å². The van der Waals surface area contributed by atoms with E-state index in [-0.39, 0.29) is 16.9 Å². The van der Waals surface area contributed by atoms with Crippen molar-refractivity contribution in [2.45, 2.75) is 44.6 Å². The zero-order valence-corrected chi connectivity index (χ0v) is 10.1. The Morgan fingerprint density at radius 2 is 1.94 bits per heavy atom. The van der Waals surface area contributed by atoms with Crippen LogP contribution in [0.4, 0.5) is 0 Å². The number of carbonyl (C=O) groups excluding carboxylic acids is 1. The molecule has 4 nitrogen and oxygen atoms in total. The molecule has 3 N–H and O–H groups in total. The Morgan fingerprint density at radius 1 is 1.31 bits per heavy atom. The van der Waals surface area contributed by atoms with Crippen LogP contribution in [0.5, 0.6) is 0 Å². The first-order valence-corrected chi connectivity index (χ1v) is 6.21. The molecule has 0 aromatic rings. The number of nitrogens with two attached hydrogens (primary N) is 1. The van der Waals surface area contributed by atoms with Crippen molar-refractivity contribution in [2.24, 2.45) is 11.1 Å². The molecular weight excluding hydrogens is 204 g/mol. The number of rotatable bonds is 3. The summed E-state index contributed by atoms with van der Waals surface area (Å²) in [6.07, 6.45) is 4.83. The van der Waals surface area contributed by atoms with Gasteiger partial charge >= 0.3 is 0 Å². The molecule has 2 rings (SSSR count). The molecule has 0 aromatic heterocycles. The molecule has 2 fully saturated rings. The molecule has 0 unspecified atom stereocenters. The minimum atomic E-state index is -0.263. The summed E-state index contributed by atoms with van der Waals surface area (Å²) in [5.41, 5.74) is 5.38. The van der Waals surface area contributed by atoms with E-state index in [4.69, 9.17) is 10.5 Å². The highest BCUT2D eigenvalue weighted by Crippen LogP contribution is 2.40. The van der Waals surface area contributed by atoms with Crippen molar-refractivity contribution in [3.63, 3.8) is 0 Å². The monoisotopic (exact) mass is 226 g/mol. The Labute approximate surface area is 96.9 Å². The first-order valence-electron chi connectivity index (χ1n) is 6.21. The number of amides is 1. The highest BCUT2D eigenvalue weighted by molar-refractivity contribution is 5.84. The van der Waals surface area contributed by atoms with Crippen LogP contribution in [-0.4, -0.2) is 31.2 Å². The van der Waals surface area contributed by atoms with E-state index in [9.17, 15) is 4.79 Å². The fourth-order valence-corrected chi connectivity index (χ4v) is 2.48. The maximum Gasteiger partial charge on any atom is 0.227 e. The van der Waals surface area contributed by atoms with Gasteiger partial charge in [-0.15, -0.1) is 0 Å². The Hall–Kier alpha value is -0.610.